The van der Waals surface area contributed by atoms with Gasteiger partial charge in [-0.3, -0.25) is 4.31 Å². The van der Waals surface area contributed by atoms with Crippen LogP contribution in [0.1, 0.15) is 20.3 Å². The standard InChI is InChI=1S/C7H17NS/c1-7(2)5-6-8(3)9-4/h7H,5-6H2,1-4H3. The van der Waals surface area contributed by atoms with E-state index in [1.165, 1.54) is 13.0 Å². The Morgan fingerprint density at radius 1 is 1.44 bits per heavy atom. The fraction of sp³-hybridized carbons (Fsp3) is 1.00. The monoisotopic (exact) mass is 147 g/mol. The van der Waals surface area contributed by atoms with Crippen molar-refractivity contribution < 1.29 is 0 Å². The van der Waals surface area contributed by atoms with Crippen LogP contribution in [0, 0.1) is 5.92 Å². The lowest BCUT2D eigenvalue weighted by atomic mass is 10.1. The lowest BCUT2D eigenvalue weighted by molar-refractivity contribution is 0.474. The van der Waals surface area contributed by atoms with E-state index >= 15 is 0 Å². The van der Waals surface area contributed by atoms with E-state index in [0.29, 0.717) is 0 Å². The molecule has 0 unspecified atom stereocenters. The summed E-state index contributed by atoms with van der Waals surface area (Å²) in [4.78, 5) is 0. The Kier molecular flexibility index (Phi) is 5.30. The van der Waals surface area contributed by atoms with E-state index in [2.05, 4.69) is 31.5 Å². The summed E-state index contributed by atoms with van der Waals surface area (Å²) in [6, 6.07) is 0. The van der Waals surface area contributed by atoms with E-state index < -0.39 is 0 Å². The number of nitrogens with zero attached hydrogens (tertiary/aromatic N) is 1. The van der Waals surface area contributed by atoms with Crippen molar-refractivity contribution in [2.45, 2.75) is 20.3 Å². The Morgan fingerprint density at radius 3 is 2.33 bits per heavy atom. The molecule has 0 fully saturated rings. The van der Waals surface area contributed by atoms with Crippen molar-refractivity contribution in [2.24, 2.45) is 5.92 Å². The van der Waals surface area contributed by atoms with Crippen LogP contribution in [-0.4, -0.2) is 24.2 Å². The van der Waals surface area contributed by atoms with Gasteiger partial charge in [-0.25, -0.2) is 0 Å². The van der Waals surface area contributed by atoms with Crippen molar-refractivity contribution in [3.8, 4) is 0 Å². The van der Waals surface area contributed by atoms with Gasteiger partial charge < -0.3 is 0 Å². The minimum Gasteiger partial charge on any atom is -0.254 e. The van der Waals surface area contributed by atoms with E-state index in [4.69, 9.17) is 0 Å². The molecule has 0 saturated carbocycles. The molecule has 2 heteroatoms. The van der Waals surface area contributed by atoms with Crippen molar-refractivity contribution in [3.63, 3.8) is 0 Å². The van der Waals surface area contributed by atoms with Crippen molar-refractivity contribution in [1.29, 1.82) is 0 Å². The van der Waals surface area contributed by atoms with Crippen LogP contribution in [0.4, 0.5) is 0 Å². The van der Waals surface area contributed by atoms with Gasteiger partial charge in [0.1, 0.15) is 0 Å². The second-order valence-corrected chi connectivity index (χ2v) is 3.71. The first-order valence-corrected chi connectivity index (χ1v) is 4.60. The zero-order valence-corrected chi connectivity index (χ0v) is 7.66. The van der Waals surface area contributed by atoms with Gasteiger partial charge in [-0.1, -0.05) is 25.8 Å². The summed E-state index contributed by atoms with van der Waals surface area (Å²) in [6.07, 6.45) is 3.41. The average molecular weight is 147 g/mol. The Bertz CT molecular complexity index is 63.9. The number of hydrogen-bond acceptors (Lipinski definition) is 2. The molecule has 0 bridgehead atoms. The van der Waals surface area contributed by atoms with Crippen molar-refractivity contribution in [3.05, 3.63) is 0 Å². The molecule has 0 aromatic rings. The molecule has 0 radical (unpaired) electrons. The van der Waals surface area contributed by atoms with Gasteiger partial charge in [0.2, 0.25) is 0 Å². The summed E-state index contributed by atoms with van der Waals surface area (Å²) in [5.74, 6) is 0.833. The maximum atomic E-state index is 2.26. The van der Waals surface area contributed by atoms with Crippen LogP contribution < -0.4 is 0 Å². The molecule has 0 atom stereocenters. The quantitative estimate of drug-likeness (QED) is 0.561. The van der Waals surface area contributed by atoms with Crippen molar-refractivity contribution in [2.75, 3.05) is 19.8 Å². The SMILES string of the molecule is CSN(C)CCC(C)C. The Labute approximate surface area is 62.9 Å². The van der Waals surface area contributed by atoms with Gasteiger partial charge in [-0.15, -0.1) is 0 Å². The first kappa shape index (κ1) is 9.31. The third kappa shape index (κ3) is 6.19. The third-order valence-corrected chi connectivity index (χ3v) is 2.14. The fourth-order valence-corrected chi connectivity index (χ4v) is 0.819. The molecule has 0 aromatic carbocycles. The van der Waals surface area contributed by atoms with E-state index in [-0.39, 0.29) is 0 Å². The van der Waals surface area contributed by atoms with Crippen LogP contribution in [0.5, 0.6) is 0 Å². The highest BCUT2D eigenvalue weighted by Crippen LogP contribution is 2.05. The van der Waals surface area contributed by atoms with Crippen LogP contribution in [-0.2, 0) is 0 Å². The van der Waals surface area contributed by atoms with Gasteiger partial charge in [0.25, 0.3) is 0 Å². The highest BCUT2D eigenvalue weighted by molar-refractivity contribution is 7.96. The van der Waals surface area contributed by atoms with Crippen molar-refractivity contribution in [1.82, 2.24) is 4.31 Å². The molecule has 9 heavy (non-hydrogen) atoms. The average Bonchev–Trinajstić information content (AvgIpc) is 1.83. The second kappa shape index (κ2) is 5.12. The molecular formula is C7H17NS. The summed E-state index contributed by atoms with van der Waals surface area (Å²) >= 11 is 1.80. The fourth-order valence-electron chi connectivity index (χ4n) is 0.531. The largest absolute Gasteiger partial charge is 0.254 e. The molecule has 0 amide bonds. The van der Waals surface area contributed by atoms with Gasteiger partial charge in [0, 0.05) is 6.54 Å². The third-order valence-electron chi connectivity index (χ3n) is 1.33. The molecule has 0 rings (SSSR count). The second-order valence-electron chi connectivity index (χ2n) is 2.72. The number of rotatable bonds is 4. The van der Waals surface area contributed by atoms with Gasteiger partial charge in [0.05, 0.1) is 0 Å². The zero-order chi connectivity index (χ0) is 7.28. The van der Waals surface area contributed by atoms with Gasteiger partial charge in [0.15, 0.2) is 0 Å². The molecule has 1 nitrogen and oxygen atoms in total. The lowest BCUT2D eigenvalue weighted by Gasteiger charge is -2.13. The Balaban J connectivity index is 3.06. The Morgan fingerprint density at radius 2 is 2.00 bits per heavy atom. The highest BCUT2D eigenvalue weighted by Gasteiger charge is 1.96. The summed E-state index contributed by atoms with van der Waals surface area (Å²) in [6.45, 7) is 5.72. The minimum atomic E-state index is 0.833. The summed E-state index contributed by atoms with van der Waals surface area (Å²) in [5, 5.41) is 0. The summed E-state index contributed by atoms with van der Waals surface area (Å²) < 4.78 is 2.26. The van der Waals surface area contributed by atoms with E-state index in [1.54, 1.807) is 11.9 Å². The van der Waals surface area contributed by atoms with Crippen molar-refractivity contribution >= 4 is 11.9 Å². The van der Waals surface area contributed by atoms with Gasteiger partial charge in [-0.2, -0.15) is 0 Å². The highest BCUT2D eigenvalue weighted by atomic mass is 32.2. The number of hydrogen-bond donors (Lipinski definition) is 0. The minimum absolute atomic E-state index is 0.833. The molecule has 0 aliphatic heterocycles. The molecule has 0 saturated heterocycles. The molecular weight excluding hydrogens is 130 g/mol. The molecule has 0 spiro atoms. The maximum Gasteiger partial charge on any atom is 0.00885 e. The summed E-state index contributed by atoms with van der Waals surface area (Å²) in [5.41, 5.74) is 0. The molecule has 0 aliphatic carbocycles. The van der Waals surface area contributed by atoms with Crippen LogP contribution in [0.15, 0.2) is 0 Å². The van der Waals surface area contributed by atoms with Crippen LogP contribution in [0.25, 0.3) is 0 Å². The molecule has 56 valence electrons. The lowest BCUT2D eigenvalue weighted by Crippen LogP contribution is -2.11. The topological polar surface area (TPSA) is 3.24 Å². The van der Waals surface area contributed by atoms with Crippen LogP contribution in [0.2, 0.25) is 0 Å². The predicted molar refractivity (Wildman–Crippen MR) is 45.6 cm³/mol. The van der Waals surface area contributed by atoms with E-state index in [0.717, 1.165) is 5.92 Å². The maximum absolute atomic E-state index is 2.26. The van der Waals surface area contributed by atoms with Gasteiger partial charge >= 0.3 is 0 Å². The first-order valence-electron chi connectivity index (χ1n) is 3.42. The predicted octanol–water partition coefficient (Wildman–Crippen LogP) is 2.24. The molecule has 0 aliphatic rings. The summed E-state index contributed by atoms with van der Waals surface area (Å²) in [7, 11) is 2.13. The zero-order valence-electron chi connectivity index (χ0n) is 6.85. The molecule has 0 aromatic heterocycles. The van der Waals surface area contributed by atoms with E-state index in [9.17, 15) is 0 Å². The normalized spacial score (nSPS) is 11.3. The Hall–Kier alpha value is 0.310. The molecule has 0 N–H and O–H groups in total. The van der Waals surface area contributed by atoms with Gasteiger partial charge in [-0.05, 0) is 25.6 Å². The van der Waals surface area contributed by atoms with E-state index in [1.807, 2.05) is 0 Å². The smallest absolute Gasteiger partial charge is 0.00885 e. The van der Waals surface area contributed by atoms with Crippen LogP contribution in [0.3, 0.4) is 0 Å². The van der Waals surface area contributed by atoms with Crippen LogP contribution >= 0.6 is 11.9 Å². The first-order chi connectivity index (χ1) is 4.16. The molecule has 0 heterocycles.